The molecule has 1 unspecified atom stereocenters. The highest BCUT2D eigenvalue weighted by Gasteiger charge is 2.05. The number of nitrogens with two attached hydrogens (primary N) is 1. The minimum atomic E-state index is 0.0823. The molecule has 0 aliphatic rings. The van der Waals surface area contributed by atoms with Crippen molar-refractivity contribution in [1.29, 1.82) is 0 Å². The molecule has 0 aliphatic heterocycles. The van der Waals surface area contributed by atoms with Crippen LogP contribution in [0.1, 0.15) is 24.2 Å². The predicted octanol–water partition coefficient (Wildman–Crippen LogP) is 3.16. The van der Waals surface area contributed by atoms with Gasteiger partial charge in [-0.1, -0.05) is 12.1 Å². The second-order valence-corrected chi connectivity index (χ2v) is 5.22. The van der Waals surface area contributed by atoms with Crippen molar-refractivity contribution >= 4 is 22.6 Å². The normalized spacial score (nSPS) is 12.7. The molecule has 0 aliphatic carbocycles. The molecule has 1 aromatic carbocycles. The monoisotopic (exact) mass is 326 g/mol. The Balaban J connectivity index is 2.20. The van der Waals surface area contributed by atoms with Crippen LogP contribution in [-0.4, -0.2) is 4.57 Å². The smallest absolute Gasteiger partial charge is 0.0473 e. The van der Waals surface area contributed by atoms with E-state index < -0.39 is 0 Å². The van der Waals surface area contributed by atoms with Gasteiger partial charge in [0.05, 0.1) is 0 Å². The summed E-state index contributed by atoms with van der Waals surface area (Å²) in [6.07, 6.45) is 2.08. The molecule has 2 rings (SSSR count). The van der Waals surface area contributed by atoms with Crippen LogP contribution in [0.25, 0.3) is 0 Å². The van der Waals surface area contributed by atoms with E-state index in [2.05, 4.69) is 63.7 Å². The Morgan fingerprint density at radius 3 is 2.56 bits per heavy atom. The predicted molar refractivity (Wildman–Crippen MR) is 75.3 cm³/mol. The Bertz CT molecular complexity index is 457. The fourth-order valence-electron chi connectivity index (χ4n) is 1.77. The molecule has 0 spiro atoms. The average molecular weight is 326 g/mol. The van der Waals surface area contributed by atoms with Crippen molar-refractivity contribution in [3.05, 3.63) is 57.4 Å². The van der Waals surface area contributed by atoms with Gasteiger partial charge < -0.3 is 10.3 Å². The van der Waals surface area contributed by atoms with E-state index in [1.165, 1.54) is 14.8 Å². The Morgan fingerprint density at radius 2 is 1.94 bits per heavy atom. The maximum Gasteiger partial charge on any atom is 0.0473 e. The molecule has 0 saturated heterocycles. The lowest BCUT2D eigenvalue weighted by Crippen LogP contribution is -2.12. The van der Waals surface area contributed by atoms with Crippen molar-refractivity contribution in [2.24, 2.45) is 5.73 Å². The summed E-state index contributed by atoms with van der Waals surface area (Å²) in [6.45, 7) is 2.90. The van der Waals surface area contributed by atoms with E-state index in [1.54, 1.807) is 0 Å². The first-order valence-corrected chi connectivity index (χ1v) is 6.40. The van der Waals surface area contributed by atoms with Crippen molar-refractivity contribution in [3.63, 3.8) is 0 Å². The highest BCUT2D eigenvalue weighted by Crippen LogP contribution is 2.14. The molecule has 2 aromatic rings. The molecule has 3 heteroatoms. The molecule has 0 bridgehead atoms. The highest BCUT2D eigenvalue weighted by molar-refractivity contribution is 14.1. The number of rotatable bonds is 3. The molecule has 1 aromatic heterocycles. The lowest BCUT2D eigenvalue weighted by Gasteiger charge is -2.12. The van der Waals surface area contributed by atoms with Crippen LogP contribution >= 0.6 is 22.6 Å². The lowest BCUT2D eigenvalue weighted by molar-refractivity contribution is 0.675. The minimum Gasteiger partial charge on any atom is -0.346 e. The Labute approximate surface area is 110 Å². The van der Waals surface area contributed by atoms with Crippen molar-refractivity contribution in [3.8, 4) is 0 Å². The Kier molecular flexibility index (Phi) is 3.66. The topological polar surface area (TPSA) is 30.9 Å². The summed E-state index contributed by atoms with van der Waals surface area (Å²) >= 11 is 2.32. The van der Waals surface area contributed by atoms with Crippen LogP contribution in [0.3, 0.4) is 0 Å². The number of hydrogen-bond acceptors (Lipinski definition) is 1. The fraction of sp³-hybridized carbons (Fsp3) is 0.231. The third-order valence-electron chi connectivity index (χ3n) is 2.60. The van der Waals surface area contributed by atoms with E-state index in [0.29, 0.717) is 0 Å². The molecule has 2 N–H and O–H groups in total. The maximum atomic E-state index is 5.91. The number of nitrogens with zero attached hydrogens (tertiary/aromatic N) is 1. The molecule has 0 saturated carbocycles. The summed E-state index contributed by atoms with van der Waals surface area (Å²) in [5.74, 6) is 0. The van der Waals surface area contributed by atoms with Gasteiger partial charge >= 0.3 is 0 Å². The average Bonchev–Trinajstić information content (AvgIpc) is 2.69. The van der Waals surface area contributed by atoms with Crippen LogP contribution in [0.5, 0.6) is 0 Å². The summed E-state index contributed by atoms with van der Waals surface area (Å²) in [7, 11) is 0. The van der Waals surface area contributed by atoms with Crippen LogP contribution in [0.4, 0.5) is 0 Å². The third-order valence-corrected chi connectivity index (χ3v) is 3.32. The summed E-state index contributed by atoms with van der Waals surface area (Å²) < 4.78 is 3.47. The molecule has 0 radical (unpaired) electrons. The standard InChI is InChI=1S/C13H15IN2/c1-10(15)13-3-2-8-16(13)9-11-4-6-12(14)7-5-11/h2-8,10H,9,15H2,1H3. The minimum absolute atomic E-state index is 0.0823. The van der Waals surface area contributed by atoms with E-state index in [9.17, 15) is 0 Å². The van der Waals surface area contributed by atoms with Gasteiger partial charge in [-0.25, -0.2) is 0 Å². The number of hydrogen-bond donors (Lipinski definition) is 1. The van der Waals surface area contributed by atoms with Crippen LogP contribution in [-0.2, 0) is 6.54 Å². The summed E-state index contributed by atoms with van der Waals surface area (Å²) in [5.41, 5.74) is 8.40. The van der Waals surface area contributed by atoms with Gasteiger partial charge in [-0.05, 0) is 59.3 Å². The largest absolute Gasteiger partial charge is 0.346 e. The molecule has 0 fully saturated rings. The van der Waals surface area contributed by atoms with E-state index in [1.807, 2.05) is 13.0 Å². The lowest BCUT2D eigenvalue weighted by atomic mass is 10.2. The number of aromatic nitrogens is 1. The molecule has 2 nitrogen and oxygen atoms in total. The van der Waals surface area contributed by atoms with Gasteiger partial charge in [0.15, 0.2) is 0 Å². The zero-order chi connectivity index (χ0) is 11.5. The number of benzene rings is 1. The Morgan fingerprint density at radius 1 is 1.25 bits per heavy atom. The van der Waals surface area contributed by atoms with Gasteiger partial charge in [0, 0.05) is 28.0 Å². The van der Waals surface area contributed by atoms with Crippen LogP contribution < -0.4 is 5.73 Å². The molecular weight excluding hydrogens is 311 g/mol. The van der Waals surface area contributed by atoms with Crippen molar-refractivity contribution in [2.45, 2.75) is 19.5 Å². The second kappa shape index (κ2) is 5.01. The molecule has 16 heavy (non-hydrogen) atoms. The summed E-state index contributed by atoms with van der Waals surface area (Å²) in [6, 6.07) is 12.8. The van der Waals surface area contributed by atoms with Crippen molar-refractivity contribution < 1.29 is 0 Å². The van der Waals surface area contributed by atoms with Crippen LogP contribution in [0, 0.1) is 3.57 Å². The van der Waals surface area contributed by atoms with Crippen LogP contribution in [0.15, 0.2) is 42.6 Å². The quantitative estimate of drug-likeness (QED) is 0.863. The van der Waals surface area contributed by atoms with Gasteiger partial charge in [0.2, 0.25) is 0 Å². The maximum absolute atomic E-state index is 5.91. The summed E-state index contributed by atoms with van der Waals surface area (Å²) in [5, 5.41) is 0. The van der Waals surface area contributed by atoms with E-state index in [4.69, 9.17) is 5.73 Å². The first-order chi connectivity index (χ1) is 7.66. The molecule has 1 atom stereocenters. The van der Waals surface area contributed by atoms with Gasteiger partial charge in [-0.2, -0.15) is 0 Å². The first kappa shape index (κ1) is 11.7. The zero-order valence-corrected chi connectivity index (χ0v) is 11.4. The third kappa shape index (κ3) is 2.65. The van der Waals surface area contributed by atoms with Crippen molar-refractivity contribution in [2.75, 3.05) is 0 Å². The zero-order valence-electron chi connectivity index (χ0n) is 9.23. The number of halogens is 1. The van der Waals surface area contributed by atoms with E-state index >= 15 is 0 Å². The SMILES string of the molecule is CC(N)c1cccn1Cc1ccc(I)cc1. The fourth-order valence-corrected chi connectivity index (χ4v) is 2.13. The van der Waals surface area contributed by atoms with Gasteiger partial charge in [-0.15, -0.1) is 0 Å². The first-order valence-electron chi connectivity index (χ1n) is 5.32. The van der Waals surface area contributed by atoms with E-state index in [0.717, 1.165) is 6.54 Å². The molecule has 1 heterocycles. The Hall–Kier alpha value is -0.810. The van der Waals surface area contributed by atoms with Gasteiger partial charge in [0.1, 0.15) is 0 Å². The van der Waals surface area contributed by atoms with E-state index in [-0.39, 0.29) is 6.04 Å². The molecular formula is C13H15IN2. The van der Waals surface area contributed by atoms with Crippen LogP contribution in [0.2, 0.25) is 0 Å². The van der Waals surface area contributed by atoms with Gasteiger partial charge in [0.25, 0.3) is 0 Å². The van der Waals surface area contributed by atoms with Gasteiger partial charge in [-0.3, -0.25) is 0 Å². The highest BCUT2D eigenvalue weighted by atomic mass is 127. The molecule has 84 valence electrons. The second-order valence-electron chi connectivity index (χ2n) is 3.98. The van der Waals surface area contributed by atoms with Crippen molar-refractivity contribution in [1.82, 2.24) is 4.57 Å². The summed E-state index contributed by atoms with van der Waals surface area (Å²) in [4.78, 5) is 0. The molecule has 0 amide bonds.